The van der Waals surface area contributed by atoms with Crippen LogP contribution in [0.3, 0.4) is 0 Å². The number of carboxylic acid groups (broad SMARTS) is 2. The van der Waals surface area contributed by atoms with Crippen LogP contribution in [0.5, 0.6) is 0 Å². The van der Waals surface area contributed by atoms with E-state index in [2.05, 4.69) is 97.1 Å². The van der Waals surface area contributed by atoms with Gasteiger partial charge in [0.15, 0.2) is 0 Å². The minimum atomic E-state index is -1.82. The maximum atomic E-state index is 9.10. The lowest BCUT2D eigenvalue weighted by molar-refractivity contribution is -0.159. The second-order valence-corrected chi connectivity index (χ2v) is 6.07. The highest BCUT2D eigenvalue weighted by molar-refractivity contribution is 6.27. The molecule has 0 radical (unpaired) electrons. The molecule has 0 amide bonds. The quantitative estimate of drug-likeness (QED) is 0.415. The molecule has 0 unspecified atom stereocenters. The molecule has 0 heterocycles. The summed E-state index contributed by atoms with van der Waals surface area (Å²) >= 11 is 0. The van der Waals surface area contributed by atoms with Gasteiger partial charge in [-0.15, -0.1) is 0 Å². The number of carbonyl (C=O) groups is 2. The fourth-order valence-electron chi connectivity index (χ4n) is 2.52. The molecule has 150 valence electrons. The van der Waals surface area contributed by atoms with Crippen LogP contribution in [0.15, 0.2) is 121 Å². The van der Waals surface area contributed by atoms with Crippen molar-refractivity contribution in [2.75, 3.05) is 0 Å². The molecule has 0 aliphatic carbocycles. The minimum absolute atomic E-state index is 1.28. The number of rotatable bonds is 2. The van der Waals surface area contributed by atoms with E-state index in [9.17, 15) is 0 Å². The lowest BCUT2D eigenvalue weighted by Crippen LogP contribution is -2.09. The monoisotopic (exact) mass is 398 g/mol. The van der Waals surface area contributed by atoms with Crippen LogP contribution < -0.4 is 0 Å². The summed E-state index contributed by atoms with van der Waals surface area (Å²) in [6.45, 7) is 0. The summed E-state index contributed by atoms with van der Waals surface area (Å²) < 4.78 is 0. The van der Waals surface area contributed by atoms with Crippen molar-refractivity contribution in [3.63, 3.8) is 0 Å². The topological polar surface area (TPSA) is 74.6 Å². The Bertz CT molecular complexity index is 854. The number of benzene rings is 4. The molecule has 4 aromatic carbocycles. The first-order chi connectivity index (χ1) is 14.6. The molecule has 0 aromatic heterocycles. The van der Waals surface area contributed by atoms with Crippen molar-refractivity contribution in [1.82, 2.24) is 0 Å². The molecule has 0 spiro atoms. The fraction of sp³-hybridized carbons (Fsp3) is 0. The second kappa shape index (κ2) is 12.3. The molecule has 0 aliphatic rings. The van der Waals surface area contributed by atoms with Gasteiger partial charge in [0.2, 0.25) is 0 Å². The van der Waals surface area contributed by atoms with E-state index in [1.807, 2.05) is 24.3 Å². The van der Waals surface area contributed by atoms with Crippen molar-refractivity contribution in [1.29, 1.82) is 0 Å². The first kappa shape index (κ1) is 22.1. The third kappa shape index (κ3) is 7.82. The van der Waals surface area contributed by atoms with Crippen LogP contribution in [0.25, 0.3) is 22.3 Å². The molecule has 0 bridgehead atoms. The number of hydrogen-bond donors (Lipinski definition) is 2. The third-order valence-electron chi connectivity index (χ3n) is 3.94. The molecule has 2 N–H and O–H groups in total. The van der Waals surface area contributed by atoms with E-state index in [1.54, 1.807) is 0 Å². The minimum Gasteiger partial charge on any atom is -0.473 e. The zero-order valence-electron chi connectivity index (χ0n) is 16.3. The van der Waals surface area contributed by atoms with E-state index in [0.29, 0.717) is 0 Å². The van der Waals surface area contributed by atoms with Crippen LogP contribution in [-0.2, 0) is 9.59 Å². The average molecular weight is 398 g/mol. The van der Waals surface area contributed by atoms with Crippen LogP contribution in [0.4, 0.5) is 0 Å². The Kier molecular flexibility index (Phi) is 9.08. The van der Waals surface area contributed by atoms with Gasteiger partial charge < -0.3 is 10.2 Å². The molecule has 0 saturated carbocycles. The molecular weight excluding hydrogens is 376 g/mol. The Morgan fingerprint density at radius 1 is 0.367 bits per heavy atom. The molecule has 0 aliphatic heterocycles. The van der Waals surface area contributed by atoms with Crippen molar-refractivity contribution in [2.45, 2.75) is 0 Å². The average Bonchev–Trinajstić information content (AvgIpc) is 2.82. The normalized spacial score (nSPS) is 9.20. The molecule has 4 nitrogen and oxygen atoms in total. The van der Waals surface area contributed by atoms with Crippen LogP contribution in [0.1, 0.15) is 0 Å². The van der Waals surface area contributed by atoms with Gasteiger partial charge in [0.25, 0.3) is 0 Å². The standard InChI is InChI=1S/2C12H10.C2H2O4/c2*1-3-7-11(8-4-1)12-9-5-2-6-10-12;3-1(4)2(5)6/h2*1-10H;(H,3,4)(H,5,6). The van der Waals surface area contributed by atoms with Gasteiger partial charge in [0.1, 0.15) is 0 Å². The van der Waals surface area contributed by atoms with E-state index >= 15 is 0 Å². The largest absolute Gasteiger partial charge is 0.473 e. The lowest BCUT2D eigenvalue weighted by atomic mass is 10.1. The second-order valence-electron chi connectivity index (χ2n) is 6.07. The zero-order chi connectivity index (χ0) is 21.6. The Morgan fingerprint density at radius 3 is 0.667 bits per heavy atom. The van der Waals surface area contributed by atoms with Gasteiger partial charge in [0.05, 0.1) is 0 Å². The highest BCUT2D eigenvalue weighted by Gasteiger charge is 2.04. The number of aliphatic carboxylic acids is 2. The summed E-state index contributed by atoms with van der Waals surface area (Å²) in [5, 5.41) is 14.8. The van der Waals surface area contributed by atoms with Gasteiger partial charge in [-0.3, -0.25) is 0 Å². The van der Waals surface area contributed by atoms with Crippen molar-refractivity contribution >= 4 is 11.9 Å². The molecule has 0 saturated heterocycles. The van der Waals surface area contributed by atoms with Gasteiger partial charge in [-0.1, -0.05) is 121 Å². The summed E-state index contributed by atoms with van der Waals surface area (Å²) in [5.41, 5.74) is 5.10. The van der Waals surface area contributed by atoms with E-state index in [1.165, 1.54) is 22.3 Å². The zero-order valence-corrected chi connectivity index (χ0v) is 16.3. The molecule has 4 rings (SSSR count). The van der Waals surface area contributed by atoms with Crippen molar-refractivity contribution in [3.05, 3.63) is 121 Å². The van der Waals surface area contributed by atoms with E-state index in [-0.39, 0.29) is 0 Å². The molecule has 30 heavy (non-hydrogen) atoms. The summed E-state index contributed by atoms with van der Waals surface area (Å²) in [7, 11) is 0. The maximum Gasteiger partial charge on any atom is 0.414 e. The van der Waals surface area contributed by atoms with Crippen LogP contribution in [-0.4, -0.2) is 22.2 Å². The number of carboxylic acids is 2. The van der Waals surface area contributed by atoms with E-state index in [4.69, 9.17) is 19.8 Å². The van der Waals surface area contributed by atoms with E-state index < -0.39 is 11.9 Å². The summed E-state index contributed by atoms with van der Waals surface area (Å²) in [6.07, 6.45) is 0. The lowest BCUT2D eigenvalue weighted by Gasteiger charge is -1.98. The molecular formula is C26H22O4. The number of hydrogen-bond acceptors (Lipinski definition) is 2. The third-order valence-corrected chi connectivity index (χ3v) is 3.94. The Hall–Kier alpha value is -4.18. The summed E-state index contributed by atoms with van der Waals surface area (Å²) in [6, 6.07) is 41.6. The first-order valence-electron chi connectivity index (χ1n) is 9.25. The SMILES string of the molecule is O=C(O)C(=O)O.c1ccc(-c2ccccc2)cc1.c1ccc(-c2ccccc2)cc1. The fourth-order valence-corrected chi connectivity index (χ4v) is 2.52. The summed E-state index contributed by atoms with van der Waals surface area (Å²) in [5.74, 6) is -3.65. The molecule has 4 heteroatoms. The van der Waals surface area contributed by atoms with Gasteiger partial charge >= 0.3 is 11.9 Å². The molecule has 4 aromatic rings. The smallest absolute Gasteiger partial charge is 0.414 e. The van der Waals surface area contributed by atoms with Crippen LogP contribution >= 0.6 is 0 Å². The van der Waals surface area contributed by atoms with Gasteiger partial charge in [0, 0.05) is 0 Å². The highest BCUT2D eigenvalue weighted by atomic mass is 16.4. The van der Waals surface area contributed by atoms with E-state index in [0.717, 1.165) is 0 Å². The van der Waals surface area contributed by atoms with Gasteiger partial charge in [-0.05, 0) is 22.3 Å². The molecule has 0 atom stereocenters. The maximum absolute atomic E-state index is 9.10. The predicted octanol–water partition coefficient (Wildman–Crippen LogP) is 5.86. The van der Waals surface area contributed by atoms with Crippen LogP contribution in [0.2, 0.25) is 0 Å². The Balaban J connectivity index is 0.000000171. The first-order valence-corrected chi connectivity index (χ1v) is 9.25. The predicted molar refractivity (Wildman–Crippen MR) is 119 cm³/mol. The van der Waals surface area contributed by atoms with Crippen molar-refractivity contribution in [2.24, 2.45) is 0 Å². The van der Waals surface area contributed by atoms with Gasteiger partial charge in [-0.25, -0.2) is 9.59 Å². The Labute approximate surface area is 175 Å². The highest BCUT2D eigenvalue weighted by Crippen LogP contribution is 2.18. The van der Waals surface area contributed by atoms with Gasteiger partial charge in [-0.2, -0.15) is 0 Å². The van der Waals surface area contributed by atoms with Crippen molar-refractivity contribution < 1.29 is 19.8 Å². The van der Waals surface area contributed by atoms with Crippen molar-refractivity contribution in [3.8, 4) is 22.3 Å². The van der Waals surface area contributed by atoms with Crippen LogP contribution in [0, 0.1) is 0 Å². The summed E-state index contributed by atoms with van der Waals surface area (Å²) in [4.78, 5) is 18.2. The Morgan fingerprint density at radius 2 is 0.533 bits per heavy atom. The molecule has 0 fully saturated rings.